The van der Waals surface area contributed by atoms with Gasteiger partial charge in [-0.1, -0.05) is 19.1 Å². The second-order valence-corrected chi connectivity index (χ2v) is 5.23. The van der Waals surface area contributed by atoms with Crippen LogP contribution in [0.15, 0.2) is 30.6 Å². The van der Waals surface area contributed by atoms with Crippen LogP contribution in [0, 0.1) is 11.6 Å². The Morgan fingerprint density at radius 1 is 1.33 bits per heavy atom. The number of benzene rings is 1. The van der Waals surface area contributed by atoms with Crippen LogP contribution in [0.3, 0.4) is 0 Å². The van der Waals surface area contributed by atoms with Gasteiger partial charge in [0.25, 0.3) is 0 Å². The number of aryl methyl sites for hydroxylation is 2. The van der Waals surface area contributed by atoms with Gasteiger partial charge in [-0.3, -0.25) is 4.68 Å². The summed E-state index contributed by atoms with van der Waals surface area (Å²) >= 11 is 0. The number of nitrogens with one attached hydrogen (secondary N) is 1. The fraction of sp³-hybridized carbons (Fsp3) is 0.438. The third-order valence-electron chi connectivity index (χ3n) is 3.53. The molecule has 3 nitrogen and oxygen atoms in total. The van der Waals surface area contributed by atoms with Crippen molar-refractivity contribution in [1.82, 2.24) is 15.1 Å². The van der Waals surface area contributed by atoms with Crippen molar-refractivity contribution in [2.75, 3.05) is 6.54 Å². The van der Waals surface area contributed by atoms with Crippen molar-refractivity contribution in [3.05, 3.63) is 53.4 Å². The Kier molecular flexibility index (Phi) is 5.44. The van der Waals surface area contributed by atoms with Gasteiger partial charge in [-0.15, -0.1) is 0 Å². The normalized spacial score (nSPS) is 12.6. The number of nitrogens with zero attached hydrogens (tertiary/aromatic N) is 2. The summed E-state index contributed by atoms with van der Waals surface area (Å²) in [5.41, 5.74) is 1.58. The van der Waals surface area contributed by atoms with E-state index in [1.165, 1.54) is 0 Å². The lowest BCUT2D eigenvalue weighted by molar-refractivity contribution is 0.461. The summed E-state index contributed by atoms with van der Waals surface area (Å²) in [5.74, 6) is -1.52. The van der Waals surface area contributed by atoms with Crippen LogP contribution < -0.4 is 5.32 Å². The summed E-state index contributed by atoms with van der Waals surface area (Å²) < 4.78 is 28.8. The number of hydrogen-bond donors (Lipinski definition) is 1. The summed E-state index contributed by atoms with van der Waals surface area (Å²) in [6, 6.07) is 4.47. The highest BCUT2D eigenvalue weighted by Crippen LogP contribution is 2.15. The van der Waals surface area contributed by atoms with E-state index in [9.17, 15) is 8.78 Å². The van der Waals surface area contributed by atoms with Crippen molar-refractivity contribution in [1.29, 1.82) is 0 Å². The van der Waals surface area contributed by atoms with Gasteiger partial charge in [-0.05, 0) is 43.0 Å². The molecule has 5 heteroatoms. The van der Waals surface area contributed by atoms with Crippen molar-refractivity contribution >= 4 is 0 Å². The lowest BCUT2D eigenvalue weighted by atomic mass is 9.99. The first kappa shape index (κ1) is 15.6. The van der Waals surface area contributed by atoms with Crippen LogP contribution in [0.5, 0.6) is 0 Å². The molecule has 0 aliphatic heterocycles. The summed E-state index contributed by atoms with van der Waals surface area (Å²) in [7, 11) is 1.88. The van der Waals surface area contributed by atoms with Crippen molar-refractivity contribution in [3.8, 4) is 0 Å². The highest BCUT2D eigenvalue weighted by Gasteiger charge is 2.14. The summed E-state index contributed by atoms with van der Waals surface area (Å²) in [6.07, 6.45) is 6.02. The Bertz CT molecular complexity index is 581. The molecule has 0 saturated heterocycles. The molecule has 0 bridgehead atoms. The summed E-state index contributed by atoms with van der Waals surface area (Å²) in [4.78, 5) is 0. The van der Waals surface area contributed by atoms with Crippen LogP contribution in [0.1, 0.15) is 24.5 Å². The molecule has 0 aliphatic rings. The van der Waals surface area contributed by atoms with Gasteiger partial charge in [0.15, 0.2) is 11.6 Å². The van der Waals surface area contributed by atoms with E-state index in [1.54, 1.807) is 16.8 Å². The summed E-state index contributed by atoms with van der Waals surface area (Å²) in [5, 5.41) is 7.48. The largest absolute Gasteiger partial charge is 0.314 e. The average Bonchev–Trinajstić information content (AvgIpc) is 2.87. The SMILES string of the molecule is CCNC(CCc1cnn(C)c1)Cc1cccc(F)c1F. The first-order valence-electron chi connectivity index (χ1n) is 7.24. The molecule has 21 heavy (non-hydrogen) atoms. The quantitative estimate of drug-likeness (QED) is 0.850. The minimum absolute atomic E-state index is 0.117. The molecule has 0 saturated carbocycles. The maximum Gasteiger partial charge on any atom is 0.162 e. The Labute approximate surface area is 124 Å². The highest BCUT2D eigenvalue weighted by atomic mass is 19.2. The number of likely N-dealkylation sites (N-methyl/N-ethyl adjacent to an activating group) is 1. The van der Waals surface area contributed by atoms with E-state index in [0.29, 0.717) is 12.0 Å². The second kappa shape index (κ2) is 7.31. The predicted molar refractivity (Wildman–Crippen MR) is 79.1 cm³/mol. The van der Waals surface area contributed by atoms with Gasteiger partial charge in [-0.25, -0.2) is 8.78 Å². The molecule has 0 fully saturated rings. The molecule has 1 atom stereocenters. The number of halogens is 2. The molecular formula is C16H21F2N3. The number of rotatable bonds is 7. The van der Waals surface area contributed by atoms with Gasteiger partial charge in [0.05, 0.1) is 6.20 Å². The third-order valence-corrected chi connectivity index (χ3v) is 3.53. The molecular weight excluding hydrogens is 272 g/mol. The first-order valence-corrected chi connectivity index (χ1v) is 7.24. The van der Waals surface area contributed by atoms with Gasteiger partial charge < -0.3 is 5.32 Å². The molecule has 2 rings (SSSR count). The lowest BCUT2D eigenvalue weighted by Crippen LogP contribution is -2.31. The average molecular weight is 293 g/mol. The molecule has 114 valence electrons. The molecule has 1 aromatic carbocycles. The maximum atomic E-state index is 13.8. The Morgan fingerprint density at radius 2 is 2.14 bits per heavy atom. The van der Waals surface area contributed by atoms with Gasteiger partial charge >= 0.3 is 0 Å². The van der Waals surface area contributed by atoms with E-state index in [4.69, 9.17) is 0 Å². The zero-order valence-corrected chi connectivity index (χ0v) is 12.4. The number of hydrogen-bond acceptors (Lipinski definition) is 2. The van der Waals surface area contributed by atoms with Crippen LogP contribution in [0.25, 0.3) is 0 Å². The van der Waals surface area contributed by atoms with Crippen LogP contribution in [-0.4, -0.2) is 22.4 Å². The zero-order valence-electron chi connectivity index (χ0n) is 12.4. The predicted octanol–water partition coefficient (Wildman–Crippen LogP) is 2.85. The lowest BCUT2D eigenvalue weighted by Gasteiger charge is -2.18. The molecule has 0 aliphatic carbocycles. The van der Waals surface area contributed by atoms with Crippen molar-refractivity contribution in [2.45, 2.75) is 32.2 Å². The molecule has 0 amide bonds. The van der Waals surface area contributed by atoms with E-state index in [-0.39, 0.29) is 6.04 Å². The van der Waals surface area contributed by atoms with Crippen molar-refractivity contribution in [3.63, 3.8) is 0 Å². The van der Waals surface area contributed by atoms with Crippen molar-refractivity contribution in [2.24, 2.45) is 7.05 Å². The van der Waals surface area contributed by atoms with E-state index in [2.05, 4.69) is 10.4 Å². The Balaban J connectivity index is 1.99. The zero-order chi connectivity index (χ0) is 15.2. The number of aromatic nitrogens is 2. The Hall–Kier alpha value is -1.75. The maximum absolute atomic E-state index is 13.8. The van der Waals surface area contributed by atoms with Gasteiger partial charge in [0.1, 0.15) is 0 Å². The monoisotopic (exact) mass is 293 g/mol. The Morgan fingerprint density at radius 3 is 2.81 bits per heavy atom. The van der Waals surface area contributed by atoms with E-state index >= 15 is 0 Å². The van der Waals surface area contributed by atoms with Crippen LogP contribution in [0.4, 0.5) is 8.78 Å². The van der Waals surface area contributed by atoms with Crippen molar-refractivity contribution < 1.29 is 8.78 Å². The van der Waals surface area contributed by atoms with Crippen LogP contribution in [-0.2, 0) is 19.9 Å². The molecule has 0 radical (unpaired) electrons. The fourth-order valence-electron chi connectivity index (χ4n) is 2.48. The molecule has 1 heterocycles. The van der Waals surface area contributed by atoms with Gasteiger partial charge in [0, 0.05) is 19.3 Å². The van der Waals surface area contributed by atoms with Crippen LogP contribution in [0.2, 0.25) is 0 Å². The van der Waals surface area contributed by atoms with E-state index < -0.39 is 11.6 Å². The summed E-state index contributed by atoms with van der Waals surface area (Å²) in [6.45, 7) is 2.81. The molecule has 1 N–H and O–H groups in total. The minimum Gasteiger partial charge on any atom is -0.314 e. The van der Waals surface area contributed by atoms with E-state index in [1.807, 2.05) is 26.4 Å². The first-order chi connectivity index (χ1) is 10.1. The van der Waals surface area contributed by atoms with Gasteiger partial charge in [-0.2, -0.15) is 5.10 Å². The molecule has 1 aromatic heterocycles. The topological polar surface area (TPSA) is 29.9 Å². The second-order valence-electron chi connectivity index (χ2n) is 5.23. The fourth-order valence-corrected chi connectivity index (χ4v) is 2.48. The highest BCUT2D eigenvalue weighted by molar-refractivity contribution is 5.20. The van der Waals surface area contributed by atoms with Crippen LogP contribution >= 0.6 is 0 Å². The minimum atomic E-state index is -0.782. The molecule has 2 aromatic rings. The third kappa shape index (κ3) is 4.36. The van der Waals surface area contributed by atoms with Gasteiger partial charge in [0.2, 0.25) is 0 Å². The van der Waals surface area contributed by atoms with E-state index in [0.717, 1.165) is 31.0 Å². The standard InChI is InChI=1S/C16H21F2N3/c1-3-19-14(8-7-12-10-20-21(2)11-12)9-13-5-4-6-15(17)16(13)18/h4-6,10-11,14,19H,3,7-9H2,1-2H3. The smallest absolute Gasteiger partial charge is 0.162 e. The molecule has 1 unspecified atom stereocenters. The molecule has 0 spiro atoms.